The predicted molar refractivity (Wildman–Crippen MR) is 141 cm³/mol. The maximum absolute atomic E-state index is 14.5. The molecule has 0 saturated carbocycles. The fourth-order valence-electron chi connectivity index (χ4n) is 6.95. The van der Waals surface area contributed by atoms with E-state index in [1.807, 2.05) is 18.7 Å². The van der Waals surface area contributed by atoms with Crippen LogP contribution in [0.2, 0.25) is 0 Å². The van der Waals surface area contributed by atoms with E-state index in [0.29, 0.717) is 19.5 Å². The van der Waals surface area contributed by atoms with E-state index in [4.69, 9.17) is 16.9 Å². The highest BCUT2D eigenvalue weighted by Crippen LogP contribution is 2.53. The van der Waals surface area contributed by atoms with Gasteiger partial charge < -0.3 is 32.2 Å². The summed E-state index contributed by atoms with van der Waals surface area (Å²) in [6, 6.07) is -1.00. The smallest absolute Gasteiger partial charge is 0.417 e. The van der Waals surface area contributed by atoms with Crippen molar-refractivity contribution < 1.29 is 38.1 Å². The molecular weight excluding hydrogens is 529 g/mol. The molecule has 9 nitrogen and oxygen atoms in total. The molecule has 40 heavy (non-hydrogen) atoms. The molecule has 218 valence electrons. The molecule has 8 N–H and O–H groups in total. The second kappa shape index (κ2) is 10.5. The topological polar surface area (TPSA) is 174 Å². The lowest BCUT2D eigenvalue weighted by Crippen LogP contribution is -2.54. The number of primary amides is 1. The van der Waals surface area contributed by atoms with Crippen LogP contribution in [0, 0.1) is 23.2 Å². The number of likely N-dealkylation sites (N-methyl/N-ethyl adjacent to an activating group) is 1. The molecule has 0 aliphatic heterocycles. The van der Waals surface area contributed by atoms with Gasteiger partial charge in [-0.05, 0) is 61.4 Å². The Labute approximate surface area is 229 Å². The van der Waals surface area contributed by atoms with E-state index in [9.17, 15) is 38.1 Å². The van der Waals surface area contributed by atoms with Crippen LogP contribution < -0.4 is 11.5 Å². The molecule has 1 amide bonds. The number of nitrogens with two attached hydrogens (primary N) is 2. The number of nitrogens with zero attached hydrogens (tertiary/aromatic N) is 1. The molecule has 0 saturated heterocycles. The van der Waals surface area contributed by atoms with Crippen molar-refractivity contribution in [2.24, 2.45) is 29.2 Å². The van der Waals surface area contributed by atoms with Crippen LogP contribution in [0.1, 0.15) is 73.1 Å². The highest BCUT2D eigenvalue weighted by atomic mass is 19.4. The number of benzene rings is 1. The molecule has 0 spiro atoms. The van der Waals surface area contributed by atoms with Gasteiger partial charge in [0.15, 0.2) is 5.78 Å². The van der Waals surface area contributed by atoms with Crippen molar-refractivity contribution in [2.45, 2.75) is 64.7 Å². The maximum Gasteiger partial charge on any atom is 0.417 e. The molecule has 0 fully saturated rings. The summed E-state index contributed by atoms with van der Waals surface area (Å²) < 4.78 is 43.6. The largest absolute Gasteiger partial charge is 0.511 e. The van der Waals surface area contributed by atoms with Gasteiger partial charge in [-0.25, -0.2) is 0 Å². The summed E-state index contributed by atoms with van der Waals surface area (Å²) in [5, 5.41) is 42.0. The number of hydrogen-bond donors (Lipinski definition) is 6. The standard InChI is InChI=1S/C28H35F3N4O5/c1-4-7-15(32)12-10-16(36)18-13(21(12)28(29,30)31)8-11-9-14-19(25(38)17(11)24(18)37)22(33)20(27(34)40)26(39)23(14)35(5-2)6-3/h10-11,14-15,19,23,33,36,38-39H,4-9,32H2,1-3H3,(H2,34,40)/t11-,14?,15?,19?,23?/m0/s1. The Bertz CT molecular complexity index is 1330. The highest BCUT2D eigenvalue weighted by molar-refractivity contribution is 6.23. The molecule has 1 aromatic rings. The molecular formula is C28H35F3N4O5. The third-order valence-corrected chi connectivity index (χ3v) is 8.58. The van der Waals surface area contributed by atoms with Crippen molar-refractivity contribution in [3.8, 4) is 5.75 Å². The zero-order valence-electron chi connectivity index (χ0n) is 22.6. The normalized spacial score (nSPS) is 25.6. The number of aromatic hydroxyl groups is 1. The second-order valence-corrected chi connectivity index (χ2v) is 10.7. The first-order valence-electron chi connectivity index (χ1n) is 13.5. The minimum Gasteiger partial charge on any atom is -0.511 e. The van der Waals surface area contributed by atoms with Crippen LogP contribution in [0.15, 0.2) is 28.7 Å². The quantitative estimate of drug-likeness (QED) is 0.290. The van der Waals surface area contributed by atoms with Crippen LogP contribution in [0.25, 0.3) is 0 Å². The van der Waals surface area contributed by atoms with Crippen molar-refractivity contribution in [3.05, 3.63) is 51.0 Å². The Morgan fingerprint density at radius 2 is 1.80 bits per heavy atom. The molecule has 0 heterocycles. The number of halogens is 3. The lowest BCUT2D eigenvalue weighted by Gasteiger charge is -2.48. The first-order valence-corrected chi connectivity index (χ1v) is 13.5. The number of fused-ring (bicyclic) bond motifs is 3. The number of alkyl halides is 3. The first-order chi connectivity index (χ1) is 18.7. The van der Waals surface area contributed by atoms with Gasteiger partial charge in [-0.2, -0.15) is 13.2 Å². The fraction of sp³-hybridized carbons (Fsp3) is 0.536. The van der Waals surface area contributed by atoms with Gasteiger partial charge in [0, 0.05) is 11.6 Å². The SMILES string of the molecule is CCCC(N)c1cc(O)c2c(c1C(F)(F)F)C[C@H]1CC3C(C(=N)C(C(N)=O)=C(O)C3N(CC)CC)C(O)=C1C2=O. The first kappa shape index (κ1) is 29.6. The summed E-state index contributed by atoms with van der Waals surface area (Å²) in [6.07, 6.45) is -4.41. The number of ketones is 1. The molecule has 3 aliphatic carbocycles. The average Bonchev–Trinajstić information content (AvgIpc) is 2.84. The van der Waals surface area contributed by atoms with E-state index in [0.717, 1.165) is 6.07 Å². The number of carbonyl (C=O) groups excluding carboxylic acids is 2. The Morgan fingerprint density at radius 1 is 1.18 bits per heavy atom. The van der Waals surface area contributed by atoms with Crippen LogP contribution in [0.3, 0.4) is 0 Å². The Morgan fingerprint density at radius 3 is 2.33 bits per heavy atom. The third-order valence-electron chi connectivity index (χ3n) is 8.58. The number of aliphatic hydroxyl groups excluding tert-OH is 2. The van der Waals surface area contributed by atoms with Crippen molar-refractivity contribution in [1.29, 1.82) is 5.41 Å². The van der Waals surface area contributed by atoms with Crippen molar-refractivity contribution in [2.75, 3.05) is 13.1 Å². The molecule has 3 aliphatic rings. The van der Waals surface area contributed by atoms with Crippen molar-refractivity contribution in [1.82, 2.24) is 4.90 Å². The predicted octanol–water partition coefficient (Wildman–Crippen LogP) is 4.06. The van der Waals surface area contributed by atoms with Gasteiger partial charge in [-0.15, -0.1) is 0 Å². The number of hydrogen-bond acceptors (Lipinski definition) is 8. The molecule has 4 rings (SSSR count). The fourth-order valence-corrected chi connectivity index (χ4v) is 6.95. The average molecular weight is 565 g/mol. The van der Waals surface area contributed by atoms with E-state index in [-0.39, 0.29) is 36.0 Å². The minimum absolute atomic E-state index is 0.0399. The summed E-state index contributed by atoms with van der Waals surface area (Å²) in [5.41, 5.74) is 8.20. The minimum atomic E-state index is -4.87. The van der Waals surface area contributed by atoms with E-state index >= 15 is 0 Å². The van der Waals surface area contributed by atoms with Crippen LogP contribution in [0.5, 0.6) is 5.75 Å². The van der Waals surface area contributed by atoms with Crippen LogP contribution in [0.4, 0.5) is 13.2 Å². The second-order valence-electron chi connectivity index (χ2n) is 10.7. The van der Waals surface area contributed by atoms with E-state index in [2.05, 4.69) is 0 Å². The molecule has 1 aromatic carbocycles. The number of Topliss-reactive ketones (excluding diaryl/α,β-unsaturated/α-hetero) is 1. The Hall–Kier alpha value is -3.38. The number of aliphatic hydroxyl groups is 2. The molecule has 5 atom stereocenters. The van der Waals surface area contributed by atoms with Gasteiger partial charge in [0.05, 0.1) is 34.4 Å². The van der Waals surface area contributed by atoms with E-state index < -0.39 is 87.4 Å². The molecule has 0 aromatic heterocycles. The monoisotopic (exact) mass is 564 g/mol. The summed E-state index contributed by atoms with van der Waals surface area (Å²) in [7, 11) is 0. The number of amides is 1. The van der Waals surface area contributed by atoms with E-state index in [1.165, 1.54) is 0 Å². The van der Waals surface area contributed by atoms with E-state index in [1.54, 1.807) is 6.92 Å². The molecule has 12 heteroatoms. The lowest BCUT2D eigenvalue weighted by molar-refractivity contribution is -0.139. The van der Waals surface area contributed by atoms with Crippen LogP contribution >= 0.6 is 0 Å². The maximum atomic E-state index is 14.5. The van der Waals surface area contributed by atoms with Crippen molar-refractivity contribution in [3.63, 3.8) is 0 Å². The number of nitrogens with one attached hydrogen (secondary N) is 1. The summed E-state index contributed by atoms with van der Waals surface area (Å²) in [6.45, 7) is 6.25. The zero-order chi connectivity index (χ0) is 29.8. The number of allylic oxidation sites excluding steroid dienone is 2. The summed E-state index contributed by atoms with van der Waals surface area (Å²) in [5.74, 6) is -6.49. The zero-order valence-corrected chi connectivity index (χ0v) is 22.6. The highest BCUT2D eigenvalue weighted by Gasteiger charge is 2.54. The van der Waals surface area contributed by atoms with Gasteiger partial charge in [0.2, 0.25) is 0 Å². The van der Waals surface area contributed by atoms with Crippen molar-refractivity contribution >= 4 is 17.4 Å². The lowest BCUT2D eigenvalue weighted by atomic mass is 9.60. The van der Waals surface area contributed by atoms with Gasteiger partial charge in [0.25, 0.3) is 5.91 Å². The molecule has 4 unspecified atom stereocenters. The number of phenols is 1. The molecule has 0 bridgehead atoms. The Balaban J connectivity index is 1.95. The Kier molecular flexibility index (Phi) is 7.81. The molecule has 0 radical (unpaired) electrons. The summed E-state index contributed by atoms with van der Waals surface area (Å²) >= 11 is 0. The van der Waals surface area contributed by atoms with Crippen LogP contribution in [-0.2, 0) is 17.4 Å². The van der Waals surface area contributed by atoms with Gasteiger partial charge in [-0.1, -0.05) is 27.2 Å². The number of phenolic OH excluding ortho intramolecular Hbond substituents is 1. The van der Waals surface area contributed by atoms with Gasteiger partial charge in [0.1, 0.15) is 17.3 Å². The number of carbonyl (C=O) groups is 2. The third kappa shape index (κ3) is 4.46. The van der Waals surface area contributed by atoms with Gasteiger partial charge >= 0.3 is 6.18 Å². The van der Waals surface area contributed by atoms with Gasteiger partial charge in [-0.3, -0.25) is 14.5 Å². The number of rotatable bonds is 7. The summed E-state index contributed by atoms with van der Waals surface area (Å²) in [4.78, 5) is 27.8. The van der Waals surface area contributed by atoms with Crippen LogP contribution in [-0.4, -0.2) is 56.8 Å².